The molecule has 0 saturated carbocycles. The summed E-state index contributed by atoms with van der Waals surface area (Å²) in [6, 6.07) is 11.3. The van der Waals surface area contributed by atoms with Gasteiger partial charge in [-0.3, -0.25) is 9.59 Å². The Labute approximate surface area is 162 Å². The summed E-state index contributed by atoms with van der Waals surface area (Å²) >= 11 is 0. The molecule has 2 aromatic carbocycles. The van der Waals surface area contributed by atoms with E-state index in [1.54, 1.807) is 4.90 Å². The zero-order valence-corrected chi connectivity index (χ0v) is 15.5. The van der Waals surface area contributed by atoms with E-state index < -0.39 is 17.2 Å². The number of amides is 2. The maximum Gasteiger partial charge on any atom is 0.252 e. The lowest BCUT2D eigenvalue weighted by Crippen LogP contribution is -2.50. The molecule has 1 fully saturated rings. The summed E-state index contributed by atoms with van der Waals surface area (Å²) in [6.45, 7) is 1.08. The Morgan fingerprint density at radius 2 is 1.93 bits per heavy atom. The Morgan fingerprint density at radius 1 is 1.11 bits per heavy atom. The molecule has 1 spiro atoms. The van der Waals surface area contributed by atoms with Crippen molar-refractivity contribution in [3.05, 3.63) is 70.8 Å². The van der Waals surface area contributed by atoms with Gasteiger partial charge in [0, 0.05) is 25.1 Å². The lowest BCUT2D eigenvalue weighted by atomic mass is 9.91. The summed E-state index contributed by atoms with van der Waals surface area (Å²) in [5.41, 5.74) is 1.95. The zero-order chi connectivity index (χ0) is 19.7. The van der Waals surface area contributed by atoms with Gasteiger partial charge in [0.15, 0.2) is 11.6 Å². The number of carbonyl (C=O) groups is 2. The van der Waals surface area contributed by atoms with Crippen molar-refractivity contribution in [3.63, 3.8) is 0 Å². The predicted molar refractivity (Wildman–Crippen MR) is 101 cm³/mol. The summed E-state index contributed by atoms with van der Waals surface area (Å²) in [7, 11) is 0. The molecule has 146 valence electrons. The van der Waals surface area contributed by atoms with Crippen LogP contribution in [0.2, 0.25) is 0 Å². The SMILES string of the molecule is O=C1NC2(CCc3ccccc31)CCN(C(=O)CCc1ccc(F)c(F)c1)C2. The van der Waals surface area contributed by atoms with Gasteiger partial charge in [0.2, 0.25) is 5.91 Å². The molecule has 0 bridgehead atoms. The number of aryl methyl sites for hydroxylation is 2. The van der Waals surface area contributed by atoms with Gasteiger partial charge in [0.05, 0.1) is 5.54 Å². The summed E-state index contributed by atoms with van der Waals surface area (Å²) < 4.78 is 26.3. The average Bonchev–Trinajstić information content (AvgIpc) is 3.05. The van der Waals surface area contributed by atoms with Crippen LogP contribution in [0.25, 0.3) is 0 Å². The summed E-state index contributed by atoms with van der Waals surface area (Å²) in [6.07, 6.45) is 2.91. The van der Waals surface area contributed by atoms with Gasteiger partial charge < -0.3 is 10.2 Å². The maximum atomic E-state index is 13.3. The van der Waals surface area contributed by atoms with Gasteiger partial charge in [-0.25, -0.2) is 8.78 Å². The second-order valence-electron chi connectivity index (χ2n) is 7.71. The number of hydrogen-bond donors (Lipinski definition) is 1. The van der Waals surface area contributed by atoms with Crippen molar-refractivity contribution in [1.82, 2.24) is 10.2 Å². The molecular formula is C22H22F2N2O2. The third-order valence-electron chi connectivity index (χ3n) is 5.83. The topological polar surface area (TPSA) is 49.4 Å². The number of rotatable bonds is 3. The van der Waals surface area contributed by atoms with E-state index >= 15 is 0 Å². The lowest BCUT2D eigenvalue weighted by Gasteiger charge is -2.29. The molecule has 1 saturated heterocycles. The summed E-state index contributed by atoms with van der Waals surface area (Å²) in [4.78, 5) is 27.0. The largest absolute Gasteiger partial charge is 0.345 e. The Hall–Kier alpha value is -2.76. The van der Waals surface area contributed by atoms with E-state index in [0.717, 1.165) is 37.0 Å². The fourth-order valence-corrected chi connectivity index (χ4v) is 4.20. The van der Waals surface area contributed by atoms with Gasteiger partial charge in [0.25, 0.3) is 5.91 Å². The van der Waals surface area contributed by atoms with Crippen LogP contribution in [0.3, 0.4) is 0 Å². The molecule has 0 aromatic heterocycles. The fraction of sp³-hybridized carbons (Fsp3) is 0.364. The van der Waals surface area contributed by atoms with E-state index in [1.165, 1.54) is 6.07 Å². The number of nitrogens with one attached hydrogen (secondary N) is 1. The van der Waals surface area contributed by atoms with Crippen molar-refractivity contribution in [2.45, 2.75) is 37.6 Å². The van der Waals surface area contributed by atoms with Crippen LogP contribution in [0.15, 0.2) is 42.5 Å². The molecule has 6 heteroatoms. The number of carbonyl (C=O) groups excluding carboxylic acids is 2. The van der Waals surface area contributed by atoms with Crippen molar-refractivity contribution in [2.75, 3.05) is 13.1 Å². The molecule has 0 radical (unpaired) electrons. The van der Waals surface area contributed by atoms with Gasteiger partial charge in [-0.2, -0.15) is 0 Å². The second-order valence-corrected chi connectivity index (χ2v) is 7.71. The number of fused-ring (bicyclic) bond motifs is 1. The van der Waals surface area contributed by atoms with Crippen LogP contribution in [0.4, 0.5) is 8.78 Å². The molecule has 2 heterocycles. The van der Waals surface area contributed by atoms with E-state index in [1.807, 2.05) is 24.3 Å². The van der Waals surface area contributed by atoms with Gasteiger partial charge in [-0.15, -0.1) is 0 Å². The van der Waals surface area contributed by atoms with E-state index in [9.17, 15) is 18.4 Å². The molecule has 0 aliphatic carbocycles. The van der Waals surface area contributed by atoms with Gasteiger partial charge in [-0.05, 0) is 55.0 Å². The Bertz CT molecular complexity index is 931. The van der Waals surface area contributed by atoms with E-state index in [4.69, 9.17) is 0 Å². The first-order chi connectivity index (χ1) is 13.5. The maximum absolute atomic E-state index is 13.3. The van der Waals surface area contributed by atoms with Crippen LogP contribution in [-0.4, -0.2) is 35.3 Å². The van der Waals surface area contributed by atoms with Crippen molar-refractivity contribution >= 4 is 11.8 Å². The van der Waals surface area contributed by atoms with Gasteiger partial charge in [-0.1, -0.05) is 24.3 Å². The highest BCUT2D eigenvalue weighted by Gasteiger charge is 2.42. The van der Waals surface area contributed by atoms with E-state index in [-0.39, 0.29) is 18.2 Å². The Balaban J connectivity index is 1.39. The van der Waals surface area contributed by atoms with Crippen molar-refractivity contribution in [3.8, 4) is 0 Å². The van der Waals surface area contributed by atoms with Crippen molar-refractivity contribution in [2.24, 2.45) is 0 Å². The molecule has 2 amide bonds. The molecule has 1 unspecified atom stereocenters. The fourth-order valence-electron chi connectivity index (χ4n) is 4.20. The highest BCUT2D eigenvalue weighted by molar-refractivity contribution is 5.96. The molecule has 2 aliphatic heterocycles. The lowest BCUT2D eigenvalue weighted by molar-refractivity contribution is -0.130. The highest BCUT2D eigenvalue weighted by Crippen LogP contribution is 2.31. The van der Waals surface area contributed by atoms with Gasteiger partial charge >= 0.3 is 0 Å². The van der Waals surface area contributed by atoms with E-state index in [0.29, 0.717) is 30.6 Å². The monoisotopic (exact) mass is 384 g/mol. The van der Waals surface area contributed by atoms with Crippen LogP contribution < -0.4 is 5.32 Å². The third-order valence-corrected chi connectivity index (χ3v) is 5.83. The zero-order valence-electron chi connectivity index (χ0n) is 15.5. The minimum atomic E-state index is -0.897. The summed E-state index contributed by atoms with van der Waals surface area (Å²) in [5.74, 6) is -1.89. The smallest absolute Gasteiger partial charge is 0.252 e. The molecule has 4 nitrogen and oxygen atoms in total. The molecule has 1 N–H and O–H groups in total. The van der Waals surface area contributed by atoms with Gasteiger partial charge in [0.1, 0.15) is 0 Å². The number of likely N-dealkylation sites (tertiary alicyclic amines) is 1. The first-order valence-electron chi connectivity index (χ1n) is 9.58. The number of nitrogens with zero attached hydrogens (tertiary/aromatic N) is 1. The molecular weight excluding hydrogens is 362 g/mol. The molecule has 1 atom stereocenters. The van der Waals surface area contributed by atoms with E-state index in [2.05, 4.69) is 5.32 Å². The Kier molecular flexibility index (Phi) is 4.87. The quantitative estimate of drug-likeness (QED) is 0.883. The van der Waals surface area contributed by atoms with Crippen LogP contribution >= 0.6 is 0 Å². The number of halogens is 2. The van der Waals surface area contributed by atoms with Crippen molar-refractivity contribution < 1.29 is 18.4 Å². The number of hydrogen-bond acceptors (Lipinski definition) is 2. The molecule has 28 heavy (non-hydrogen) atoms. The standard InChI is InChI=1S/C22H22F2N2O2/c23-18-7-5-15(13-19(18)24)6-8-20(27)26-12-11-22(14-26)10-9-16-3-1-2-4-17(16)21(28)25-22/h1-5,7,13H,6,8-12,14H2,(H,25,28). The second kappa shape index (κ2) is 7.34. The van der Waals surface area contributed by atoms with Crippen LogP contribution in [0.5, 0.6) is 0 Å². The normalized spacial score (nSPS) is 21.4. The third kappa shape index (κ3) is 3.63. The summed E-state index contributed by atoms with van der Waals surface area (Å²) in [5, 5.41) is 3.16. The van der Waals surface area contributed by atoms with Crippen molar-refractivity contribution in [1.29, 1.82) is 0 Å². The number of benzene rings is 2. The molecule has 4 rings (SSSR count). The predicted octanol–water partition coefficient (Wildman–Crippen LogP) is 3.24. The minimum Gasteiger partial charge on any atom is -0.345 e. The Morgan fingerprint density at radius 3 is 2.75 bits per heavy atom. The van der Waals surface area contributed by atoms with Crippen LogP contribution in [0, 0.1) is 11.6 Å². The van der Waals surface area contributed by atoms with Crippen LogP contribution in [0.1, 0.15) is 40.7 Å². The first kappa shape index (κ1) is 18.6. The van der Waals surface area contributed by atoms with Crippen LogP contribution in [-0.2, 0) is 17.6 Å². The minimum absolute atomic E-state index is 0.0300. The molecule has 2 aliphatic rings. The molecule has 2 aromatic rings. The first-order valence-corrected chi connectivity index (χ1v) is 9.58. The highest BCUT2D eigenvalue weighted by atomic mass is 19.2. The average molecular weight is 384 g/mol.